The van der Waals surface area contributed by atoms with Crippen LogP contribution in [0.25, 0.3) is 0 Å². The van der Waals surface area contributed by atoms with Crippen molar-refractivity contribution in [2.24, 2.45) is 0 Å². The normalized spacial score (nSPS) is 24.7. The number of likely N-dealkylation sites (tertiary alicyclic amines) is 1. The first-order valence-electron chi connectivity index (χ1n) is 3.64. The molecule has 0 aromatic carbocycles. The molecular formula is C7H14BrN. The van der Waals surface area contributed by atoms with Gasteiger partial charge in [-0.15, -0.1) is 0 Å². The summed E-state index contributed by atoms with van der Waals surface area (Å²) in [4.78, 5) is 2.54. The van der Waals surface area contributed by atoms with E-state index in [1.807, 2.05) is 0 Å². The monoisotopic (exact) mass is 191 g/mol. The van der Waals surface area contributed by atoms with Crippen LogP contribution in [0.3, 0.4) is 0 Å². The molecule has 54 valence electrons. The summed E-state index contributed by atoms with van der Waals surface area (Å²) in [5, 5.41) is 1.12. The van der Waals surface area contributed by atoms with Crippen molar-refractivity contribution < 1.29 is 0 Å². The van der Waals surface area contributed by atoms with E-state index in [1.165, 1.54) is 25.9 Å². The highest BCUT2D eigenvalue weighted by Gasteiger charge is 2.15. The summed E-state index contributed by atoms with van der Waals surface area (Å²) in [6, 6.07) is 0.743. The Labute approximate surface area is 65.6 Å². The molecule has 0 saturated carbocycles. The highest BCUT2D eigenvalue weighted by atomic mass is 79.9. The minimum atomic E-state index is 0.743. The summed E-state index contributed by atoms with van der Waals surface area (Å²) in [6.45, 7) is 4.90. The van der Waals surface area contributed by atoms with Crippen LogP contribution < -0.4 is 0 Å². The van der Waals surface area contributed by atoms with Gasteiger partial charge in [0.25, 0.3) is 0 Å². The van der Waals surface area contributed by atoms with Crippen molar-refractivity contribution in [3.63, 3.8) is 0 Å². The predicted molar refractivity (Wildman–Crippen MR) is 44.1 cm³/mol. The van der Waals surface area contributed by atoms with E-state index >= 15 is 0 Å². The second-order valence-electron chi connectivity index (χ2n) is 2.75. The lowest BCUT2D eigenvalue weighted by molar-refractivity contribution is 0.281. The number of rotatable bonds is 2. The number of hydrogen-bond acceptors (Lipinski definition) is 1. The predicted octanol–water partition coefficient (Wildman–Crippen LogP) is 1.87. The van der Waals surface area contributed by atoms with Crippen molar-refractivity contribution in [2.75, 3.05) is 18.4 Å². The van der Waals surface area contributed by atoms with Gasteiger partial charge in [0.05, 0.1) is 0 Å². The topological polar surface area (TPSA) is 3.24 Å². The molecule has 1 saturated heterocycles. The molecule has 0 N–H and O–H groups in total. The zero-order valence-electron chi connectivity index (χ0n) is 5.94. The van der Waals surface area contributed by atoms with Crippen molar-refractivity contribution in [1.29, 1.82) is 0 Å². The maximum Gasteiger partial charge on any atom is 0.0185 e. The standard InChI is InChI=1S/C7H14BrN/c1-7(6-8)9-4-2-3-5-9/h7H,2-6H2,1H3. The lowest BCUT2D eigenvalue weighted by Crippen LogP contribution is -2.30. The van der Waals surface area contributed by atoms with Crippen LogP contribution in [0.15, 0.2) is 0 Å². The van der Waals surface area contributed by atoms with Crippen molar-refractivity contribution >= 4 is 15.9 Å². The van der Waals surface area contributed by atoms with Gasteiger partial charge < -0.3 is 0 Å². The molecule has 1 atom stereocenters. The molecule has 1 heterocycles. The highest BCUT2D eigenvalue weighted by Crippen LogP contribution is 2.12. The Morgan fingerprint density at radius 3 is 2.44 bits per heavy atom. The molecule has 1 fully saturated rings. The van der Waals surface area contributed by atoms with Crippen molar-refractivity contribution in [3.8, 4) is 0 Å². The van der Waals surface area contributed by atoms with E-state index in [-0.39, 0.29) is 0 Å². The van der Waals surface area contributed by atoms with Crippen LogP contribution >= 0.6 is 15.9 Å². The SMILES string of the molecule is CC(CBr)N1CCCC1. The quantitative estimate of drug-likeness (QED) is 0.603. The molecule has 0 amide bonds. The van der Waals surface area contributed by atoms with E-state index in [9.17, 15) is 0 Å². The van der Waals surface area contributed by atoms with Crippen LogP contribution in [0.1, 0.15) is 19.8 Å². The summed E-state index contributed by atoms with van der Waals surface area (Å²) < 4.78 is 0. The van der Waals surface area contributed by atoms with Gasteiger partial charge in [-0.1, -0.05) is 15.9 Å². The van der Waals surface area contributed by atoms with Gasteiger partial charge in [0.2, 0.25) is 0 Å². The van der Waals surface area contributed by atoms with Crippen molar-refractivity contribution in [3.05, 3.63) is 0 Å². The molecule has 0 aliphatic carbocycles. The lowest BCUT2D eigenvalue weighted by Gasteiger charge is -2.20. The third-order valence-electron chi connectivity index (χ3n) is 1.99. The highest BCUT2D eigenvalue weighted by molar-refractivity contribution is 9.09. The van der Waals surface area contributed by atoms with Crippen LogP contribution in [0.2, 0.25) is 0 Å². The first-order valence-corrected chi connectivity index (χ1v) is 4.76. The van der Waals surface area contributed by atoms with Gasteiger partial charge in [0.15, 0.2) is 0 Å². The van der Waals surface area contributed by atoms with Crippen LogP contribution in [-0.2, 0) is 0 Å². The van der Waals surface area contributed by atoms with Crippen molar-refractivity contribution in [2.45, 2.75) is 25.8 Å². The minimum absolute atomic E-state index is 0.743. The smallest absolute Gasteiger partial charge is 0.0185 e. The molecule has 1 nitrogen and oxygen atoms in total. The lowest BCUT2D eigenvalue weighted by atomic mass is 10.3. The number of hydrogen-bond donors (Lipinski definition) is 0. The number of halogens is 1. The van der Waals surface area contributed by atoms with Gasteiger partial charge >= 0.3 is 0 Å². The first-order chi connectivity index (χ1) is 4.34. The van der Waals surface area contributed by atoms with Gasteiger partial charge in [-0.25, -0.2) is 0 Å². The van der Waals surface area contributed by atoms with Crippen molar-refractivity contribution in [1.82, 2.24) is 4.90 Å². The Bertz CT molecular complexity index is 79.0. The van der Waals surface area contributed by atoms with Crippen LogP contribution in [-0.4, -0.2) is 29.4 Å². The van der Waals surface area contributed by atoms with E-state index in [0.717, 1.165) is 11.4 Å². The molecule has 0 bridgehead atoms. The Hall–Kier alpha value is 0.440. The van der Waals surface area contributed by atoms with Gasteiger partial charge in [-0.2, -0.15) is 0 Å². The Morgan fingerprint density at radius 2 is 2.00 bits per heavy atom. The third-order valence-corrected chi connectivity index (χ3v) is 2.92. The molecule has 1 rings (SSSR count). The Balaban J connectivity index is 2.24. The van der Waals surface area contributed by atoms with E-state index in [1.54, 1.807) is 0 Å². The maximum absolute atomic E-state index is 3.48. The minimum Gasteiger partial charge on any atom is -0.300 e. The summed E-state index contributed by atoms with van der Waals surface area (Å²) >= 11 is 3.48. The molecular weight excluding hydrogens is 178 g/mol. The second kappa shape index (κ2) is 3.57. The summed E-state index contributed by atoms with van der Waals surface area (Å²) in [6.07, 6.45) is 2.80. The van der Waals surface area contributed by atoms with E-state index in [0.29, 0.717) is 0 Å². The van der Waals surface area contributed by atoms with Gasteiger partial charge in [-0.3, -0.25) is 4.90 Å². The average molecular weight is 192 g/mol. The summed E-state index contributed by atoms with van der Waals surface area (Å²) in [7, 11) is 0. The fourth-order valence-electron chi connectivity index (χ4n) is 1.28. The zero-order chi connectivity index (χ0) is 6.69. The van der Waals surface area contributed by atoms with E-state index in [2.05, 4.69) is 27.8 Å². The molecule has 0 spiro atoms. The van der Waals surface area contributed by atoms with E-state index in [4.69, 9.17) is 0 Å². The van der Waals surface area contributed by atoms with Gasteiger partial charge in [0.1, 0.15) is 0 Å². The maximum atomic E-state index is 3.48. The summed E-state index contributed by atoms with van der Waals surface area (Å²) in [5.74, 6) is 0. The van der Waals surface area contributed by atoms with Crippen LogP contribution in [0, 0.1) is 0 Å². The Kier molecular flexibility index (Phi) is 2.99. The number of alkyl halides is 1. The summed E-state index contributed by atoms with van der Waals surface area (Å²) in [5.41, 5.74) is 0. The fourth-order valence-corrected chi connectivity index (χ4v) is 1.69. The molecule has 1 unspecified atom stereocenters. The Morgan fingerprint density at radius 1 is 1.44 bits per heavy atom. The molecule has 9 heavy (non-hydrogen) atoms. The van der Waals surface area contributed by atoms with Crippen LogP contribution in [0.5, 0.6) is 0 Å². The molecule has 0 radical (unpaired) electrons. The van der Waals surface area contributed by atoms with E-state index < -0.39 is 0 Å². The largest absolute Gasteiger partial charge is 0.300 e. The average Bonchev–Trinajstić information content (AvgIpc) is 2.37. The molecule has 1 aliphatic rings. The molecule has 2 heteroatoms. The number of nitrogens with zero attached hydrogens (tertiary/aromatic N) is 1. The second-order valence-corrected chi connectivity index (χ2v) is 3.39. The van der Waals surface area contributed by atoms with Gasteiger partial charge in [0, 0.05) is 11.4 Å². The fraction of sp³-hybridized carbons (Fsp3) is 1.00. The van der Waals surface area contributed by atoms with Crippen LogP contribution in [0.4, 0.5) is 0 Å². The zero-order valence-corrected chi connectivity index (χ0v) is 7.52. The third kappa shape index (κ3) is 1.94. The molecule has 0 aromatic heterocycles. The molecule has 1 aliphatic heterocycles. The van der Waals surface area contributed by atoms with Gasteiger partial charge in [-0.05, 0) is 32.9 Å². The first kappa shape index (κ1) is 7.55. The molecule has 0 aromatic rings.